The molecule has 0 atom stereocenters. The van der Waals surface area contributed by atoms with Crippen molar-refractivity contribution in [3.05, 3.63) is 34.8 Å². The minimum absolute atomic E-state index is 0.208. The molecule has 0 fully saturated rings. The number of aryl methyl sites for hydroxylation is 1. The normalized spacial score (nSPS) is 10.6. The van der Waals surface area contributed by atoms with Crippen molar-refractivity contribution in [2.24, 2.45) is 0 Å². The quantitative estimate of drug-likeness (QED) is 0.562. The Kier molecular flexibility index (Phi) is 2.24. The van der Waals surface area contributed by atoms with Crippen molar-refractivity contribution in [3.63, 3.8) is 0 Å². The molecule has 7 nitrogen and oxygen atoms in total. The molecule has 88 valence electrons. The van der Waals surface area contributed by atoms with Crippen LogP contribution < -0.4 is 4.73 Å². The van der Waals surface area contributed by atoms with E-state index >= 15 is 0 Å². The molecule has 0 radical (unpaired) electrons. The van der Waals surface area contributed by atoms with E-state index in [2.05, 4.69) is 0 Å². The summed E-state index contributed by atoms with van der Waals surface area (Å²) in [5.74, 6) is -1.40. The van der Waals surface area contributed by atoms with Gasteiger partial charge in [0.25, 0.3) is 0 Å². The van der Waals surface area contributed by atoms with Crippen molar-refractivity contribution in [3.8, 4) is 0 Å². The summed E-state index contributed by atoms with van der Waals surface area (Å²) in [6, 6.07) is 2.71. The Balaban J connectivity index is 2.95. The number of fused-ring (bicyclic) bond motifs is 1. The molecule has 0 aliphatic heterocycles. The maximum atomic E-state index is 11.6. The topological polar surface area (TPSA) is 106 Å². The SMILES string of the molecule is Cc1cc2cc(C(=O)O)n(C(=O)O)c2[n+]([O-])c1. The molecule has 7 heteroatoms. The van der Waals surface area contributed by atoms with E-state index in [4.69, 9.17) is 10.2 Å². The van der Waals surface area contributed by atoms with E-state index in [0.29, 0.717) is 14.9 Å². The third-order valence-corrected chi connectivity index (χ3v) is 2.33. The van der Waals surface area contributed by atoms with E-state index in [1.54, 1.807) is 13.0 Å². The van der Waals surface area contributed by atoms with Crippen LogP contribution in [0.1, 0.15) is 16.1 Å². The smallest absolute Gasteiger partial charge is 0.510 e. The first-order valence-electron chi connectivity index (χ1n) is 4.63. The predicted octanol–water partition coefficient (Wildman–Crippen LogP) is 0.807. The molecule has 17 heavy (non-hydrogen) atoms. The minimum atomic E-state index is -1.51. The third-order valence-electron chi connectivity index (χ3n) is 2.33. The van der Waals surface area contributed by atoms with Crippen LogP contribution in [0.4, 0.5) is 4.79 Å². The molecule has 0 unspecified atom stereocenters. The predicted molar refractivity (Wildman–Crippen MR) is 56.0 cm³/mol. The lowest BCUT2D eigenvalue weighted by molar-refractivity contribution is -0.580. The molecule has 2 rings (SSSR count). The van der Waals surface area contributed by atoms with Gasteiger partial charge in [0.1, 0.15) is 0 Å². The molecule has 0 bridgehead atoms. The highest BCUT2D eigenvalue weighted by molar-refractivity contribution is 5.98. The minimum Gasteiger partial charge on any atom is -0.711 e. The molecular formula is C10H8N2O5. The lowest BCUT2D eigenvalue weighted by Gasteiger charge is -2.04. The van der Waals surface area contributed by atoms with Gasteiger partial charge in [0.15, 0.2) is 0 Å². The van der Waals surface area contributed by atoms with Gasteiger partial charge >= 0.3 is 17.7 Å². The molecule has 2 aromatic heterocycles. The van der Waals surface area contributed by atoms with E-state index in [0.717, 1.165) is 6.07 Å². The second kappa shape index (κ2) is 3.48. The monoisotopic (exact) mass is 236 g/mol. The molecule has 2 heterocycles. The van der Waals surface area contributed by atoms with Crippen LogP contribution in [0.2, 0.25) is 0 Å². The average Bonchev–Trinajstić information content (AvgIpc) is 2.56. The fourth-order valence-corrected chi connectivity index (χ4v) is 1.73. The van der Waals surface area contributed by atoms with Crippen LogP contribution in [-0.2, 0) is 0 Å². The zero-order valence-corrected chi connectivity index (χ0v) is 8.75. The number of nitrogens with zero attached hydrogens (tertiary/aromatic N) is 2. The third kappa shape index (κ3) is 1.57. The van der Waals surface area contributed by atoms with Crippen LogP contribution in [0.15, 0.2) is 18.3 Å². The molecule has 0 amide bonds. The number of pyridine rings is 1. The number of aromatic carboxylic acids is 1. The highest BCUT2D eigenvalue weighted by Gasteiger charge is 2.28. The van der Waals surface area contributed by atoms with Crippen LogP contribution in [0.5, 0.6) is 0 Å². The van der Waals surface area contributed by atoms with Crippen LogP contribution in [0, 0.1) is 12.1 Å². The number of carbonyl (C=O) groups is 2. The van der Waals surface area contributed by atoms with Gasteiger partial charge in [0.05, 0.1) is 11.6 Å². The summed E-state index contributed by atoms with van der Waals surface area (Å²) in [6.45, 7) is 1.66. The Morgan fingerprint density at radius 1 is 1.35 bits per heavy atom. The van der Waals surface area contributed by atoms with Gasteiger partial charge in [-0.15, -0.1) is 4.57 Å². The van der Waals surface area contributed by atoms with Crippen molar-refractivity contribution in [2.75, 3.05) is 0 Å². The summed E-state index contributed by atoms with van der Waals surface area (Å²) in [4.78, 5) is 21.9. The van der Waals surface area contributed by atoms with Crippen molar-refractivity contribution in [1.82, 2.24) is 4.57 Å². The van der Waals surface area contributed by atoms with Gasteiger partial charge in [-0.05, 0) is 18.6 Å². The molecule has 0 saturated heterocycles. The standard InChI is InChI=1S/C10H8N2O5/c1-5-2-6-3-7(9(13)14)12(10(15)16)8(6)11(17)4-5/h2-4H,1H3,(H,13,14)(H,15,16). The van der Waals surface area contributed by atoms with Gasteiger partial charge in [0, 0.05) is 6.07 Å². The summed E-state index contributed by atoms with van der Waals surface area (Å²) in [7, 11) is 0. The van der Waals surface area contributed by atoms with Gasteiger partial charge in [-0.25, -0.2) is 9.52 Å². The maximum absolute atomic E-state index is 11.6. The van der Waals surface area contributed by atoms with E-state index in [1.807, 2.05) is 0 Å². The number of carboxylic acid groups (broad SMARTS) is 2. The number of aromatic nitrogens is 2. The maximum Gasteiger partial charge on any atom is 0.510 e. The molecule has 0 aromatic carbocycles. The summed E-state index contributed by atoms with van der Waals surface area (Å²) in [6.07, 6.45) is -0.321. The fraction of sp³-hybridized carbons (Fsp3) is 0.100. The zero-order valence-electron chi connectivity index (χ0n) is 8.75. The van der Waals surface area contributed by atoms with Crippen LogP contribution in [0.3, 0.4) is 0 Å². The van der Waals surface area contributed by atoms with E-state index in [9.17, 15) is 14.8 Å². The van der Waals surface area contributed by atoms with Crippen LogP contribution in [-0.4, -0.2) is 26.8 Å². The molecule has 0 saturated carbocycles. The van der Waals surface area contributed by atoms with Crippen molar-refractivity contribution in [2.45, 2.75) is 6.92 Å². The van der Waals surface area contributed by atoms with Crippen LogP contribution in [0.25, 0.3) is 11.0 Å². The average molecular weight is 236 g/mol. The summed E-state index contributed by atoms with van der Waals surface area (Å²) in [5.41, 5.74) is -0.0461. The number of rotatable bonds is 1. The molecular weight excluding hydrogens is 228 g/mol. The number of hydrogen-bond donors (Lipinski definition) is 2. The van der Waals surface area contributed by atoms with Crippen LogP contribution >= 0.6 is 0 Å². The molecule has 0 aliphatic rings. The first-order valence-corrected chi connectivity index (χ1v) is 4.63. The summed E-state index contributed by atoms with van der Waals surface area (Å²) >= 11 is 0. The fourth-order valence-electron chi connectivity index (χ4n) is 1.73. The second-order valence-corrected chi connectivity index (χ2v) is 3.57. The summed E-state index contributed by atoms with van der Waals surface area (Å²) < 4.78 is 0.815. The second-order valence-electron chi connectivity index (χ2n) is 3.57. The molecule has 0 aliphatic carbocycles. The Morgan fingerprint density at radius 3 is 2.53 bits per heavy atom. The number of hydrogen-bond acceptors (Lipinski definition) is 3. The molecule has 2 aromatic rings. The van der Waals surface area contributed by atoms with Gasteiger partial charge in [0.2, 0.25) is 5.69 Å². The lowest BCUT2D eigenvalue weighted by atomic mass is 10.2. The Morgan fingerprint density at radius 2 is 2.00 bits per heavy atom. The Labute approximate surface area is 94.7 Å². The lowest BCUT2D eigenvalue weighted by Crippen LogP contribution is -2.31. The highest BCUT2D eigenvalue weighted by atomic mass is 16.5. The number of carboxylic acids is 1. The Hall–Kier alpha value is -2.57. The van der Waals surface area contributed by atoms with Crippen molar-refractivity contribution < 1.29 is 24.5 Å². The summed E-state index contributed by atoms with van der Waals surface area (Å²) in [5, 5.41) is 29.7. The van der Waals surface area contributed by atoms with E-state index < -0.39 is 17.8 Å². The first kappa shape index (κ1) is 10.9. The molecule has 2 N–H and O–H groups in total. The van der Waals surface area contributed by atoms with Gasteiger partial charge < -0.3 is 15.4 Å². The first-order chi connectivity index (χ1) is 7.91. The Bertz CT molecular complexity index is 644. The largest absolute Gasteiger partial charge is 0.711 e. The van der Waals surface area contributed by atoms with Gasteiger partial charge in [-0.1, -0.05) is 0 Å². The van der Waals surface area contributed by atoms with Gasteiger partial charge in [-0.3, -0.25) is 0 Å². The highest BCUT2D eigenvalue weighted by Crippen LogP contribution is 2.17. The van der Waals surface area contributed by atoms with E-state index in [1.165, 1.54) is 6.20 Å². The molecule has 0 spiro atoms. The zero-order chi connectivity index (χ0) is 12.7. The van der Waals surface area contributed by atoms with Crippen molar-refractivity contribution >= 4 is 23.1 Å². The van der Waals surface area contributed by atoms with Crippen molar-refractivity contribution in [1.29, 1.82) is 0 Å². The van der Waals surface area contributed by atoms with Gasteiger partial charge in [-0.2, -0.15) is 4.79 Å². The van der Waals surface area contributed by atoms with E-state index in [-0.39, 0.29) is 11.0 Å².